The molecule has 1 saturated heterocycles. The summed E-state index contributed by atoms with van der Waals surface area (Å²) in [6.07, 6.45) is 0.967. The SMILES string of the molecule is Cc1ccc(NC(=O)NC2CCN(C(=O)OC(C)(C)C)CC2)cc1F. The van der Waals surface area contributed by atoms with Crippen molar-refractivity contribution in [3.8, 4) is 0 Å². The fourth-order valence-corrected chi connectivity index (χ4v) is 2.56. The predicted octanol–water partition coefficient (Wildman–Crippen LogP) is 3.66. The van der Waals surface area contributed by atoms with Crippen molar-refractivity contribution in [2.75, 3.05) is 18.4 Å². The molecule has 2 rings (SSSR count). The summed E-state index contributed by atoms with van der Waals surface area (Å²) >= 11 is 0. The Labute approximate surface area is 147 Å². The number of rotatable bonds is 2. The number of aryl methyl sites for hydroxylation is 1. The molecule has 6 nitrogen and oxygen atoms in total. The Morgan fingerprint density at radius 2 is 1.88 bits per heavy atom. The van der Waals surface area contributed by atoms with E-state index >= 15 is 0 Å². The van der Waals surface area contributed by atoms with Gasteiger partial charge in [-0.05, 0) is 58.2 Å². The van der Waals surface area contributed by atoms with E-state index < -0.39 is 5.60 Å². The second-order valence-electron chi connectivity index (χ2n) is 7.30. The molecular weight excluding hydrogens is 325 g/mol. The smallest absolute Gasteiger partial charge is 0.410 e. The lowest BCUT2D eigenvalue weighted by Gasteiger charge is -2.33. The van der Waals surface area contributed by atoms with Gasteiger partial charge in [-0.3, -0.25) is 0 Å². The molecule has 0 spiro atoms. The molecule has 1 aromatic carbocycles. The summed E-state index contributed by atoms with van der Waals surface area (Å²) in [7, 11) is 0. The molecule has 2 N–H and O–H groups in total. The number of nitrogens with one attached hydrogen (secondary N) is 2. The number of halogens is 1. The highest BCUT2D eigenvalue weighted by atomic mass is 19.1. The van der Waals surface area contributed by atoms with Crippen molar-refractivity contribution < 1.29 is 18.7 Å². The van der Waals surface area contributed by atoms with Gasteiger partial charge >= 0.3 is 12.1 Å². The van der Waals surface area contributed by atoms with E-state index in [0.717, 1.165) is 0 Å². The lowest BCUT2D eigenvalue weighted by molar-refractivity contribution is 0.0202. The zero-order chi connectivity index (χ0) is 18.6. The van der Waals surface area contributed by atoms with Gasteiger partial charge < -0.3 is 20.3 Å². The second kappa shape index (κ2) is 7.72. The highest BCUT2D eigenvalue weighted by Crippen LogP contribution is 2.16. The Balaban J connectivity index is 1.78. The van der Waals surface area contributed by atoms with Gasteiger partial charge in [0.25, 0.3) is 0 Å². The molecule has 0 unspecified atom stereocenters. The maximum atomic E-state index is 13.5. The Morgan fingerprint density at radius 3 is 2.44 bits per heavy atom. The fraction of sp³-hybridized carbons (Fsp3) is 0.556. The highest BCUT2D eigenvalue weighted by Gasteiger charge is 2.27. The van der Waals surface area contributed by atoms with Crippen LogP contribution in [0.3, 0.4) is 0 Å². The average Bonchev–Trinajstić information content (AvgIpc) is 2.50. The first kappa shape index (κ1) is 19.0. The van der Waals surface area contributed by atoms with Crippen molar-refractivity contribution in [2.24, 2.45) is 0 Å². The van der Waals surface area contributed by atoms with Crippen LogP contribution in [0, 0.1) is 12.7 Å². The fourth-order valence-electron chi connectivity index (χ4n) is 2.56. The summed E-state index contributed by atoms with van der Waals surface area (Å²) < 4.78 is 18.8. The summed E-state index contributed by atoms with van der Waals surface area (Å²) in [5.41, 5.74) is 0.419. The van der Waals surface area contributed by atoms with Crippen molar-refractivity contribution in [1.29, 1.82) is 0 Å². The lowest BCUT2D eigenvalue weighted by Crippen LogP contribution is -2.48. The van der Waals surface area contributed by atoms with Crippen molar-refractivity contribution in [1.82, 2.24) is 10.2 Å². The van der Waals surface area contributed by atoms with E-state index in [4.69, 9.17) is 4.74 Å². The molecule has 1 aliphatic rings. The van der Waals surface area contributed by atoms with Crippen LogP contribution in [0.25, 0.3) is 0 Å². The molecule has 0 radical (unpaired) electrons. The van der Waals surface area contributed by atoms with Gasteiger partial charge in [-0.1, -0.05) is 6.07 Å². The standard InChI is InChI=1S/C18H26FN3O3/c1-12-5-6-14(11-15(12)19)21-16(23)20-13-7-9-22(10-8-13)17(24)25-18(2,3)4/h5-6,11,13H,7-10H2,1-4H3,(H2,20,21,23). The van der Waals surface area contributed by atoms with E-state index in [1.165, 1.54) is 6.07 Å². The molecule has 1 heterocycles. The van der Waals surface area contributed by atoms with Gasteiger partial charge in [0.05, 0.1) is 0 Å². The van der Waals surface area contributed by atoms with Crippen LogP contribution in [0.5, 0.6) is 0 Å². The number of carbonyl (C=O) groups excluding carboxylic acids is 2. The Kier molecular flexibility index (Phi) is 5.87. The summed E-state index contributed by atoms with van der Waals surface area (Å²) in [6.45, 7) is 8.21. The van der Waals surface area contributed by atoms with Crippen LogP contribution in [0.1, 0.15) is 39.2 Å². The van der Waals surface area contributed by atoms with E-state index in [1.807, 2.05) is 20.8 Å². The van der Waals surface area contributed by atoms with Gasteiger partial charge in [-0.15, -0.1) is 0 Å². The van der Waals surface area contributed by atoms with Crippen molar-refractivity contribution in [3.05, 3.63) is 29.6 Å². The van der Waals surface area contributed by atoms with Crippen LogP contribution in [0.4, 0.5) is 19.7 Å². The largest absolute Gasteiger partial charge is 0.444 e. The first-order valence-electron chi connectivity index (χ1n) is 8.45. The van der Waals surface area contributed by atoms with E-state index in [9.17, 15) is 14.0 Å². The number of hydrogen-bond donors (Lipinski definition) is 2. The number of nitrogens with zero attached hydrogens (tertiary/aromatic N) is 1. The van der Waals surface area contributed by atoms with Gasteiger partial charge in [-0.25, -0.2) is 14.0 Å². The number of piperidine rings is 1. The molecule has 1 aliphatic heterocycles. The van der Waals surface area contributed by atoms with Crippen LogP contribution in [0.2, 0.25) is 0 Å². The maximum Gasteiger partial charge on any atom is 0.410 e. The van der Waals surface area contributed by atoms with Crippen LogP contribution in [0.15, 0.2) is 18.2 Å². The van der Waals surface area contributed by atoms with E-state index in [2.05, 4.69) is 10.6 Å². The normalized spacial score (nSPS) is 15.6. The molecular formula is C18H26FN3O3. The number of hydrogen-bond acceptors (Lipinski definition) is 3. The minimum atomic E-state index is -0.518. The average molecular weight is 351 g/mol. The topological polar surface area (TPSA) is 70.7 Å². The number of likely N-dealkylation sites (tertiary alicyclic amines) is 1. The first-order valence-corrected chi connectivity index (χ1v) is 8.45. The molecule has 25 heavy (non-hydrogen) atoms. The third-order valence-corrected chi connectivity index (χ3v) is 3.91. The lowest BCUT2D eigenvalue weighted by atomic mass is 10.1. The minimum Gasteiger partial charge on any atom is -0.444 e. The number of amides is 3. The third-order valence-electron chi connectivity index (χ3n) is 3.91. The van der Waals surface area contributed by atoms with Gasteiger partial charge in [0.1, 0.15) is 11.4 Å². The molecule has 0 bridgehead atoms. The van der Waals surface area contributed by atoms with Crippen LogP contribution in [-0.2, 0) is 4.74 Å². The molecule has 7 heteroatoms. The maximum absolute atomic E-state index is 13.5. The molecule has 3 amide bonds. The number of benzene rings is 1. The van der Waals surface area contributed by atoms with Gasteiger partial charge in [0.2, 0.25) is 0 Å². The predicted molar refractivity (Wildman–Crippen MR) is 94.1 cm³/mol. The summed E-state index contributed by atoms with van der Waals surface area (Å²) in [5.74, 6) is -0.358. The van der Waals surface area contributed by atoms with Gasteiger partial charge in [0, 0.05) is 24.8 Å². The zero-order valence-electron chi connectivity index (χ0n) is 15.2. The number of anilines is 1. The van der Waals surface area contributed by atoms with Crippen molar-refractivity contribution in [2.45, 2.75) is 52.2 Å². The summed E-state index contributed by atoms with van der Waals surface area (Å²) in [5, 5.41) is 5.48. The summed E-state index contributed by atoms with van der Waals surface area (Å²) in [6, 6.07) is 4.15. The number of ether oxygens (including phenoxy) is 1. The Hall–Kier alpha value is -2.31. The molecule has 0 saturated carbocycles. The van der Waals surface area contributed by atoms with Crippen molar-refractivity contribution in [3.63, 3.8) is 0 Å². The molecule has 1 fully saturated rings. The third kappa shape index (κ3) is 5.92. The molecule has 0 aliphatic carbocycles. The van der Waals surface area contributed by atoms with Gasteiger partial charge in [0.15, 0.2) is 0 Å². The molecule has 1 aromatic rings. The van der Waals surface area contributed by atoms with Crippen LogP contribution in [-0.4, -0.2) is 41.8 Å². The second-order valence-corrected chi connectivity index (χ2v) is 7.30. The van der Waals surface area contributed by atoms with Crippen LogP contribution >= 0.6 is 0 Å². The van der Waals surface area contributed by atoms with E-state index in [0.29, 0.717) is 37.2 Å². The quantitative estimate of drug-likeness (QED) is 0.854. The number of carbonyl (C=O) groups is 2. The Morgan fingerprint density at radius 1 is 1.24 bits per heavy atom. The van der Waals surface area contributed by atoms with Crippen molar-refractivity contribution >= 4 is 17.8 Å². The monoisotopic (exact) mass is 351 g/mol. The Bertz CT molecular complexity index is 635. The molecule has 138 valence electrons. The van der Waals surface area contributed by atoms with Crippen LogP contribution < -0.4 is 10.6 Å². The number of urea groups is 1. The van der Waals surface area contributed by atoms with E-state index in [1.54, 1.807) is 24.0 Å². The van der Waals surface area contributed by atoms with Gasteiger partial charge in [-0.2, -0.15) is 0 Å². The zero-order valence-corrected chi connectivity index (χ0v) is 15.2. The molecule has 0 aromatic heterocycles. The first-order chi connectivity index (χ1) is 11.6. The highest BCUT2D eigenvalue weighted by molar-refractivity contribution is 5.89. The molecule has 0 atom stereocenters. The summed E-state index contributed by atoms with van der Waals surface area (Å²) in [4.78, 5) is 25.7. The minimum absolute atomic E-state index is 0.0333. The van der Waals surface area contributed by atoms with E-state index in [-0.39, 0.29) is 24.0 Å².